The van der Waals surface area contributed by atoms with Crippen LogP contribution in [0.1, 0.15) is 48.2 Å². The van der Waals surface area contributed by atoms with Crippen molar-refractivity contribution in [3.8, 4) is 5.75 Å². The SMILES string of the molecule is CC=O.CCCCc1cccc(C(=O)c2ccccc2)c1OC. The number of carbonyl (C=O) groups is 2. The second-order valence-corrected chi connectivity index (χ2v) is 5.03. The Labute approximate surface area is 138 Å². The predicted molar refractivity (Wildman–Crippen MR) is 93.2 cm³/mol. The molecule has 0 spiro atoms. The molecule has 2 aromatic rings. The quantitative estimate of drug-likeness (QED) is 0.583. The Morgan fingerprint density at radius 3 is 2.30 bits per heavy atom. The van der Waals surface area contributed by atoms with Gasteiger partial charge in [0.25, 0.3) is 0 Å². The number of ketones is 1. The highest BCUT2D eigenvalue weighted by atomic mass is 16.5. The zero-order valence-corrected chi connectivity index (χ0v) is 14.0. The molecular formula is C20H24O3. The molecule has 3 heteroatoms. The van der Waals surface area contributed by atoms with Crippen molar-refractivity contribution in [1.82, 2.24) is 0 Å². The van der Waals surface area contributed by atoms with Gasteiger partial charge in [-0.3, -0.25) is 4.79 Å². The number of hydrogen-bond acceptors (Lipinski definition) is 3. The van der Waals surface area contributed by atoms with Crippen LogP contribution in [0.15, 0.2) is 48.5 Å². The standard InChI is InChI=1S/C18H20O2.C2H4O/c1-3-4-9-15-12-8-13-16(18(15)20-2)17(19)14-10-6-5-7-11-14;1-2-3/h5-8,10-13H,3-4,9H2,1-2H3;2H,1H3. The second-order valence-electron chi connectivity index (χ2n) is 5.03. The first-order valence-electron chi connectivity index (χ1n) is 7.84. The van der Waals surface area contributed by atoms with Gasteiger partial charge in [0, 0.05) is 5.56 Å². The summed E-state index contributed by atoms with van der Waals surface area (Å²) < 4.78 is 5.50. The zero-order chi connectivity index (χ0) is 17.1. The summed E-state index contributed by atoms with van der Waals surface area (Å²) in [4.78, 5) is 21.4. The summed E-state index contributed by atoms with van der Waals surface area (Å²) in [5.74, 6) is 0.732. The van der Waals surface area contributed by atoms with E-state index >= 15 is 0 Å². The molecule has 0 N–H and O–H groups in total. The van der Waals surface area contributed by atoms with Crippen molar-refractivity contribution in [3.63, 3.8) is 0 Å². The van der Waals surface area contributed by atoms with Crippen LogP contribution in [0.2, 0.25) is 0 Å². The van der Waals surface area contributed by atoms with E-state index in [0.717, 1.165) is 36.9 Å². The van der Waals surface area contributed by atoms with E-state index in [1.165, 1.54) is 6.92 Å². The fraction of sp³-hybridized carbons (Fsp3) is 0.300. The number of rotatable bonds is 6. The first kappa shape index (κ1) is 18.6. The molecule has 3 nitrogen and oxygen atoms in total. The van der Waals surface area contributed by atoms with Gasteiger partial charge in [0.05, 0.1) is 12.7 Å². The summed E-state index contributed by atoms with van der Waals surface area (Å²) in [5, 5.41) is 0. The van der Waals surface area contributed by atoms with Gasteiger partial charge in [-0.1, -0.05) is 55.8 Å². The van der Waals surface area contributed by atoms with E-state index in [-0.39, 0.29) is 5.78 Å². The van der Waals surface area contributed by atoms with Crippen molar-refractivity contribution in [2.75, 3.05) is 7.11 Å². The molecule has 0 aliphatic heterocycles. The van der Waals surface area contributed by atoms with Crippen LogP contribution >= 0.6 is 0 Å². The third kappa shape index (κ3) is 5.37. The minimum atomic E-state index is 0.0146. The number of methoxy groups -OCH3 is 1. The monoisotopic (exact) mass is 312 g/mol. The van der Waals surface area contributed by atoms with E-state index in [2.05, 4.69) is 6.92 Å². The van der Waals surface area contributed by atoms with Crippen molar-refractivity contribution < 1.29 is 14.3 Å². The maximum Gasteiger partial charge on any atom is 0.196 e. The van der Waals surface area contributed by atoms with Gasteiger partial charge in [-0.2, -0.15) is 0 Å². The number of aryl methyl sites for hydroxylation is 1. The summed E-state index contributed by atoms with van der Waals surface area (Å²) in [6.45, 7) is 3.60. The lowest BCUT2D eigenvalue weighted by Crippen LogP contribution is -2.06. The van der Waals surface area contributed by atoms with E-state index < -0.39 is 0 Å². The normalized spacial score (nSPS) is 9.52. The number of carbonyl (C=O) groups excluding carboxylic acids is 2. The molecule has 0 heterocycles. The Kier molecular flexibility index (Phi) is 8.37. The van der Waals surface area contributed by atoms with Gasteiger partial charge in [-0.15, -0.1) is 0 Å². The van der Waals surface area contributed by atoms with E-state index in [0.29, 0.717) is 11.1 Å². The Balaban J connectivity index is 0.000000816. The molecule has 0 aliphatic carbocycles. The molecule has 0 fully saturated rings. The molecule has 122 valence electrons. The molecule has 0 saturated heterocycles. The maximum absolute atomic E-state index is 12.6. The number of para-hydroxylation sites is 1. The molecule has 2 rings (SSSR count). The van der Waals surface area contributed by atoms with E-state index in [9.17, 15) is 4.79 Å². The molecule has 0 radical (unpaired) electrons. The first-order chi connectivity index (χ1) is 11.2. The van der Waals surface area contributed by atoms with Gasteiger partial charge < -0.3 is 9.53 Å². The summed E-state index contributed by atoms with van der Waals surface area (Å²) in [6.07, 6.45) is 3.91. The average Bonchev–Trinajstić information content (AvgIpc) is 2.60. The molecule has 0 aromatic heterocycles. The molecule has 0 bridgehead atoms. The van der Waals surface area contributed by atoms with Gasteiger partial charge >= 0.3 is 0 Å². The smallest absolute Gasteiger partial charge is 0.196 e. The fourth-order valence-electron chi connectivity index (χ4n) is 2.31. The predicted octanol–water partition coefficient (Wildman–Crippen LogP) is 4.47. The second kappa shape index (κ2) is 10.3. The lowest BCUT2D eigenvalue weighted by Gasteiger charge is -2.12. The third-order valence-corrected chi connectivity index (χ3v) is 3.38. The highest BCUT2D eigenvalue weighted by molar-refractivity contribution is 6.10. The van der Waals surface area contributed by atoms with Crippen LogP contribution in [0.4, 0.5) is 0 Å². The lowest BCUT2D eigenvalue weighted by molar-refractivity contribution is -0.106. The van der Waals surface area contributed by atoms with Crippen molar-refractivity contribution in [2.45, 2.75) is 33.1 Å². The Morgan fingerprint density at radius 1 is 1.09 bits per heavy atom. The number of hydrogen-bond donors (Lipinski definition) is 0. The minimum absolute atomic E-state index is 0.0146. The molecule has 0 amide bonds. The van der Waals surface area contributed by atoms with Crippen molar-refractivity contribution in [3.05, 3.63) is 65.2 Å². The molecule has 0 saturated carbocycles. The highest BCUT2D eigenvalue weighted by Crippen LogP contribution is 2.27. The molecule has 0 atom stereocenters. The summed E-state index contributed by atoms with van der Waals surface area (Å²) >= 11 is 0. The molecule has 0 aliphatic rings. The zero-order valence-electron chi connectivity index (χ0n) is 14.0. The highest BCUT2D eigenvalue weighted by Gasteiger charge is 2.16. The van der Waals surface area contributed by atoms with Gasteiger partial charge in [-0.05, 0) is 31.4 Å². The Bertz CT molecular complexity index is 618. The number of unbranched alkanes of at least 4 members (excludes halogenated alkanes) is 1. The van der Waals surface area contributed by atoms with E-state index in [1.54, 1.807) is 7.11 Å². The summed E-state index contributed by atoms with van der Waals surface area (Å²) in [5.41, 5.74) is 2.45. The molecule has 23 heavy (non-hydrogen) atoms. The van der Waals surface area contributed by atoms with E-state index in [1.807, 2.05) is 48.5 Å². The topological polar surface area (TPSA) is 43.4 Å². The maximum atomic E-state index is 12.6. The lowest BCUT2D eigenvalue weighted by atomic mass is 9.98. The van der Waals surface area contributed by atoms with Crippen LogP contribution in [0.3, 0.4) is 0 Å². The third-order valence-electron chi connectivity index (χ3n) is 3.38. The average molecular weight is 312 g/mol. The Morgan fingerprint density at radius 2 is 1.74 bits per heavy atom. The van der Waals surface area contributed by atoms with Gasteiger partial charge in [0.2, 0.25) is 0 Å². The summed E-state index contributed by atoms with van der Waals surface area (Å²) in [6, 6.07) is 15.1. The van der Waals surface area contributed by atoms with Crippen LogP contribution in [-0.4, -0.2) is 19.2 Å². The number of ether oxygens (including phenoxy) is 1. The number of aldehydes is 1. The number of benzene rings is 2. The fourth-order valence-corrected chi connectivity index (χ4v) is 2.31. The van der Waals surface area contributed by atoms with Gasteiger partial charge in [-0.25, -0.2) is 0 Å². The van der Waals surface area contributed by atoms with Crippen LogP contribution in [-0.2, 0) is 11.2 Å². The van der Waals surface area contributed by atoms with Crippen molar-refractivity contribution in [2.24, 2.45) is 0 Å². The summed E-state index contributed by atoms with van der Waals surface area (Å²) in [7, 11) is 1.63. The first-order valence-corrected chi connectivity index (χ1v) is 7.84. The van der Waals surface area contributed by atoms with Crippen LogP contribution in [0.5, 0.6) is 5.75 Å². The molecule has 0 unspecified atom stereocenters. The molecule has 2 aromatic carbocycles. The largest absolute Gasteiger partial charge is 0.496 e. The van der Waals surface area contributed by atoms with Crippen LogP contribution < -0.4 is 4.74 Å². The van der Waals surface area contributed by atoms with Crippen molar-refractivity contribution >= 4 is 12.1 Å². The van der Waals surface area contributed by atoms with Crippen LogP contribution in [0.25, 0.3) is 0 Å². The van der Waals surface area contributed by atoms with Gasteiger partial charge in [0.15, 0.2) is 5.78 Å². The Hall–Kier alpha value is -2.42. The minimum Gasteiger partial charge on any atom is -0.496 e. The van der Waals surface area contributed by atoms with Crippen LogP contribution in [0, 0.1) is 0 Å². The van der Waals surface area contributed by atoms with E-state index in [4.69, 9.17) is 9.53 Å². The van der Waals surface area contributed by atoms with Gasteiger partial charge in [0.1, 0.15) is 12.0 Å². The van der Waals surface area contributed by atoms with Crippen molar-refractivity contribution in [1.29, 1.82) is 0 Å². The molecular weight excluding hydrogens is 288 g/mol.